The first-order valence-corrected chi connectivity index (χ1v) is 8.70. The summed E-state index contributed by atoms with van der Waals surface area (Å²) in [5, 5.41) is 6.55. The van der Waals surface area contributed by atoms with Gasteiger partial charge >= 0.3 is 0 Å². The molecule has 7 heteroatoms. The number of amides is 1. The molecule has 0 atom stereocenters. The van der Waals surface area contributed by atoms with Gasteiger partial charge in [-0.25, -0.2) is 9.97 Å². The molecule has 1 heterocycles. The maximum atomic E-state index is 12.3. The molecule has 2 N–H and O–H groups in total. The number of hydrogen-bond donors (Lipinski definition) is 2. The Balaban J connectivity index is 1.62. The summed E-state index contributed by atoms with van der Waals surface area (Å²) in [6, 6.07) is 13.1. The molecular weight excluding hydrogens is 364 g/mol. The maximum absolute atomic E-state index is 12.3. The molecule has 0 spiro atoms. The average Bonchev–Trinajstić information content (AvgIpc) is 2.69. The van der Waals surface area contributed by atoms with Crippen molar-refractivity contribution in [1.29, 1.82) is 0 Å². The number of aryl methyl sites for hydroxylation is 1. The van der Waals surface area contributed by atoms with Crippen molar-refractivity contribution in [2.24, 2.45) is 0 Å². The first kappa shape index (κ1) is 18.7. The number of para-hydroxylation sites is 1. The van der Waals surface area contributed by atoms with Crippen LogP contribution in [0.15, 0.2) is 54.9 Å². The zero-order chi connectivity index (χ0) is 19.2. The van der Waals surface area contributed by atoms with E-state index < -0.39 is 0 Å². The van der Waals surface area contributed by atoms with Crippen molar-refractivity contribution in [1.82, 2.24) is 15.3 Å². The van der Waals surface area contributed by atoms with Crippen molar-refractivity contribution in [2.45, 2.75) is 13.5 Å². The van der Waals surface area contributed by atoms with E-state index in [-0.39, 0.29) is 5.91 Å². The van der Waals surface area contributed by atoms with Crippen molar-refractivity contribution in [3.63, 3.8) is 0 Å². The van der Waals surface area contributed by atoms with Crippen LogP contribution in [0.4, 0.5) is 11.6 Å². The van der Waals surface area contributed by atoms with Gasteiger partial charge < -0.3 is 15.4 Å². The lowest BCUT2D eigenvalue weighted by molar-refractivity contribution is 0.0950. The number of ether oxygens (including phenoxy) is 1. The summed E-state index contributed by atoms with van der Waals surface area (Å²) in [7, 11) is 1.60. The Morgan fingerprint density at radius 2 is 1.89 bits per heavy atom. The van der Waals surface area contributed by atoms with Crippen molar-refractivity contribution >= 4 is 29.1 Å². The van der Waals surface area contributed by atoms with Gasteiger partial charge in [0.05, 0.1) is 12.7 Å². The third-order valence-corrected chi connectivity index (χ3v) is 4.38. The zero-order valence-corrected chi connectivity index (χ0v) is 15.7. The Bertz CT molecular complexity index is 945. The van der Waals surface area contributed by atoms with E-state index in [1.54, 1.807) is 13.2 Å². The standard InChI is InChI=1S/C20H19ClN4O2/c1-13-7-8-16(9-17(13)21)25-20-23-11-15(12-24-20)19(26)22-10-14-5-3-4-6-18(14)27-2/h3-9,11-12H,10H2,1-2H3,(H,22,26)(H,23,24,25). The van der Waals surface area contributed by atoms with Crippen LogP contribution in [0.5, 0.6) is 5.75 Å². The first-order chi connectivity index (χ1) is 13.1. The normalized spacial score (nSPS) is 10.3. The molecule has 0 unspecified atom stereocenters. The Morgan fingerprint density at radius 3 is 2.59 bits per heavy atom. The molecule has 3 aromatic rings. The third-order valence-electron chi connectivity index (χ3n) is 3.97. The van der Waals surface area contributed by atoms with Crippen LogP contribution in [0.3, 0.4) is 0 Å². The third kappa shape index (κ3) is 4.74. The van der Waals surface area contributed by atoms with E-state index in [0.29, 0.717) is 23.1 Å². The van der Waals surface area contributed by atoms with Crippen LogP contribution in [0.2, 0.25) is 5.02 Å². The predicted molar refractivity (Wildman–Crippen MR) is 106 cm³/mol. The lowest BCUT2D eigenvalue weighted by Gasteiger charge is -2.10. The van der Waals surface area contributed by atoms with E-state index in [2.05, 4.69) is 20.6 Å². The monoisotopic (exact) mass is 382 g/mol. The van der Waals surface area contributed by atoms with Gasteiger partial charge in [0.15, 0.2) is 0 Å². The molecule has 0 aliphatic carbocycles. The number of benzene rings is 2. The molecule has 2 aromatic carbocycles. The Hall–Kier alpha value is -3.12. The van der Waals surface area contributed by atoms with Gasteiger partial charge in [0.2, 0.25) is 5.95 Å². The molecule has 0 aliphatic rings. The van der Waals surface area contributed by atoms with Crippen molar-refractivity contribution < 1.29 is 9.53 Å². The van der Waals surface area contributed by atoms with E-state index in [9.17, 15) is 4.79 Å². The Labute approximate surface area is 162 Å². The molecular formula is C20H19ClN4O2. The molecule has 0 saturated heterocycles. The van der Waals surface area contributed by atoms with Gasteiger partial charge in [0.25, 0.3) is 5.91 Å². The van der Waals surface area contributed by atoms with E-state index in [1.807, 2.05) is 43.3 Å². The fourth-order valence-electron chi connectivity index (χ4n) is 2.44. The highest BCUT2D eigenvalue weighted by molar-refractivity contribution is 6.31. The fourth-order valence-corrected chi connectivity index (χ4v) is 2.62. The number of hydrogen-bond acceptors (Lipinski definition) is 5. The summed E-state index contributed by atoms with van der Waals surface area (Å²) >= 11 is 6.11. The number of nitrogens with zero attached hydrogens (tertiary/aromatic N) is 2. The number of halogens is 1. The summed E-state index contributed by atoms with van der Waals surface area (Å²) in [6.45, 7) is 2.28. The van der Waals surface area contributed by atoms with Gasteiger partial charge in [0.1, 0.15) is 5.75 Å². The van der Waals surface area contributed by atoms with E-state index in [4.69, 9.17) is 16.3 Å². The van der Waals surface area contributed by atoms with Crippen molar-refractivity contribution in [3.8, 4) is 5.75 Å². The summed E-state index contributed by atoms with van der Waals surface area (Å²) in [4.78, 5) is 20.7. The van der Waals surface area contributed by atoms with Gasteiger partial charge in [0, 0.05) is 35.2 Å². The summed E-state index contributed by atoms with van der Waals surface area (Å²) < 4.78 is 5.28. The maximum Gasteiger partial charge on any atom is 0.254 e. The second-order valence-electron chi connectivity index (χ2n) is 5.88. The summed E-state index contributed by atoms with van der Waals surface area (Å²) in [6.07, 6.45) is 2.95. The number of methoxy groups -OCH3 is 1. The van der Waals surface area contributed by atoms with Gasteiger partial charge in [-0.05, 0) is 30.7 Å². The van der Waals surface area contributed by atoms with E-state index >= 15 is 0 Å². The van der Waals surface area contributed by atoms with Gasteiger partial charge in [-0.1, -0.05) is 35.9 Å². The average molecular weight is 383 g/mol. The number of carbonyl (C=O) groups excluding carboxylic acids is 1. The minimum absolute atomic E-state index is 0.258. The second kappa shape index (κ2) is 8.51. The SMILES string of the molecule is COc1ccccc1CNC(=O)c1cnc(Nc2ccc(C)c(Cl)c2)nc1. The second-order valence-corrected chi connectivity index (χ2v) is 6.29. The minimum atomic E-state index is -0.258. The van der Waals surface area contributed by atoms with Crippen molar-refractivity contribution in [2.75, 3.05) is 12.4 Å². The molecule has 6 nitrogen and oxygen atoms in total. The zero-order valence-electron chi connectivity index (χ0n) is 15.0. The highest BCUT2D eigenvalue weighted by Crippen LogP contribution is 2.22. The van der Waals surface area contributed by atoms with Crippen molar-refractivity contribution in [3.05, 3.63) is 76.6 Å². The van der Waals surface area contributed by atoms with E-state index in [0.717, 1.165) is 22.6 Å². The number of rotatable bonds is 6. The van der Waals surface area contributed by atoms with Crippen LogP contribution in [-0.2, 0) is 6.54 Å². The van der Waals surface area contributed by atoms with Crippen LogP contribution in [0, 0.1) is 6.92 Å². The van der Waals surface area contributed by atoms with Crippen LogP contribution >= 0.6 is 11.6 Å². The van der Waals surface area contributed by atoms with E-state index in [1.165, 1.54) is 12.4 Å². The largest absolute Gasteiger partial charge is 0.496 e. The molecule has 0 fully saturated rings. The molecule has 3 rings (SSSR count). The van der Waals surface area contributed by atoms with Crippen LogP contribution in [0.25, 0.3) is 0 Å². The van der Waals surface area contributed by atoms with Gasteiger partial charge in [-0.3, -0.25) is 4.79 Å². The molecule has 0 bridgehead atoms. The molecule has 0 saturated carbocycles. The number of anilines is 2. The number of nitrogens with one attached hydrogen (secondary N) is 2. The minimum Gasteiger partial charge on any atom is -0.496 e. The highest BCUT2D eigenvalue weighted by Gasteiger charge is 2.09. The molecule has 1 aromatic heterocycles. The van der Waals surface area contributed by atoms with Crippen LogP contribution < -0.4 is 15.4 Å². The predicted octanol–water partition coefficient (Wildman–Crippen LogP) is 4.12. The molecule has 0 aliphatic heterocycles. The summed E-state index contributed by atoms with van der Waals surface area (Å²) in [5.41, 5.74) is 3.03. The fraction of sp³-hybridized carbons (Fsp3) is 0.150. The molecule has 1 amide bonds. The molecule has 0 radical (unpaired) electrons. The lowest BCUT2D eigenvalue weighted by atomic mass is 10.2. The Morgan fingerprint density at radius 1 is 1.15 bits per heavy atom. The van der Waals surface area contributed by atoms with Crippen LogP contribution in [-0.4, -0.2) is 23.0 Å². The number of aromatic nitrogens is 2. The smallest absolute Gasteiger partial charge is 0.254 e. The lowest BCUT2D eigenvalue weighted by Crippen LogP contribution is -2.23. The highest BCUT2D eigenvalue weighted by atomic mass is 35.5. The Kier molecular flexibility index (Phi) is 5.88. The first-order valence-electron chi connectivity index (χ1n) is 8.32. The number of carbonyl (C=O) groups is 1. The molecule has 138 valence electrons. The summed E-state index contributed by atoms with van der Waals surface area (Å²) in [5.74, 6) is 0.854. The quantitative estimate of drug-likeness (QED) is 0.670. The van der Waals surface area contributed by atoms with Gasteiger partial charge in [-0.2, -0.15) is 0 Å². The molecule has 27 heavy (non-hydrogen) atoms. The van der Waals surface area contributed by atoms with Crippen LogP contribution in [0.1, 0.15) is 21.5 Å². The van der Waals surface area contributed by atoms with Gasteiger partial charge in [-0.15, -0.1) is 0 Å². The topological polar surface area (TPSA) is 76.1 Å².